The van der Waals surface area contributed by atoms with Gasteiger partial charge >= 0.3 is 0 Å². The number of hydrogen-bond acceptors (Lipinski definition) is 2. The normalized spacial score (nSPS) is 15.4. The molecule has 0 spiro atoms. The minimum atomic E-state index is 0.660. The van der Waals surface area contributed by atoms with E-state index in [1.807, 2.05) is 30.5 Å². The first-order valence-electron chi connectivity index (χ1n) is 18.0. The number of hydrogen-bond donors (Lipinski definition) is 0. The molecule has 0 N–H and O–H groups in total. The van der Waals surface area contributed by atoms with Crippen molar-refractivity contribution in [2.24, 2.45) is 0 Å². The summed E-state index contributed by atoms with van der Waals surface area (Å²) in [4.78, 5) is 9.81. The predicted molar refractivity (Wildman–Crippen MR) is 222 cm³/mol. The van der Waals surface area contributed by atoms with E-state index in [9.17, 15) is 0 Å². The van der Waals surface area contributed by atoms with Crippen LogP contribution in [-0.2, 0) is 6.42 Å². The molecule has 0 atom stereocenters. The molecule has 6 aromatic carbocycles. The van der Waals surface area contributed by atoms with Gasteiger partial charge in [0.25, 0.3) is 0 Å². The zero-order valence-electron chi connectivity index (χ0n) is 29.0. The minimum absolute atomic E-state index is 0.660. The molecule has 0 radical (unpaired) electrons. The quantitative estimate of drug-likeness (QED) is 0.186. The van der Waals surface area contributed by atoms with Gasteiger partial charge in [0, 0.05) is 33.4 Å². The second-order valence-corrected chi connectivity index (χ2v) is 13.6. The van der Waals surface area contributed by atoms with E-state index in [4.69, 9.17) is 9.97 Å². The van der Waals surface area contributed by atoms with E-state index in [2.05, 4.69) is 167 Å². The van der Waals surface area contributed by atoms with Gasteiger partial charge in [0.2, 0.25) is 5.95 Å². The Morgan fingerprint density at radius 3 is 2.08 bits per heavy atom. The van der Waals surface area contributed by atoms with E-state index >= 15 is 0 Å². The van der Waals surface area contributed by atoms with Gasteiger partial charge in [-0.25, -0.2) is 9.97 Å². The Morgan fingerprint density at radius 1 is 0.547 bits per heavy atom. The maximum Gasteiger partial charge on any atom is 0.235 e. The number of rotatable bonds is 4. The van der Waals surface area contributed by atoms with E-state index in [1.165, 1.54) is 43.9 Å². The van der Waals surface area contributed by atoms with Gasteiger partial charge in [-0.2, -0.15) is 0 Å². The van der Waals surface area contributed by atoms with Gasteiger partial charge in [0.1, 0.15) is 0 Å². The standard InChI is InChI=1S/C49H34N4/c1-33-22-28-47-41(40-16-6-10-21-46(40)53(47)49-50-32-38-14-5-8-19-44(38)51-49)18-11-15-36(30-33)37-25-29-48-43(31-37)42-17-7-9-20-45(42)52(48)39-26-23-35(24-27-39)34-12-3-2-4-13-34/h2-17,19-32H,1,18H2/b15-11-,28-22-,36-30+. The fourth-order valence-corrected chi connectivity index (χ4v) is 7.83. The SMILES string of the molecule is C=C1/C=C\c2c(c3ccccc3n2-c2ncc3ccccc3n2)C/C=C\C(c2ccc3c(c2)c2ccccc2n3-c2ccc(-c3ccccc3)cc2)=C/1. The molecule has 1 aliphatic carbocycles. The highest BCUT2D eigenvalue weighted by molar-refractivity contribution is 6.10. The summed E-state index contributed by atoms with van der Waals surface area (Å²) in [6.07, 6.45) is 13.6. The molecule has 250 valence electrons. The first-order chi connectivity index (χ1) is 26.2. The van der Waals surface area contributed by atoms with Crippen LogP contribution in [0, 0.1) is 0 Å². The van der Waals surface area contributed by atoms with E-state index in [0.717, 1.165) is 50.9 Å². The number of para-hydroxylation sites is 3. The largest absolute Gasteiger partial charge is 0.309 e. The van der Waals surface area contributed by atoms with Crippen molar-refractivity contribution in [1.82, 2.24) is 19.1 Å². The Kier molecular flexibility index (Phi) is 7.33. The third-order valence-corrected chi connectivity index (χ3v) is 10.4. The van der Waals surface area contributed by atoms with E-state index in [0.29, 0.717) is 5.95 Å². The second-order valence-electron chi connectivity index (χ2n) is 13.6. The third-order valence-electron chi connectivity index (χ3n) is 10.4. The van der Waals surface area contributed by atoms with Gasteiger partial charge in [0.15, 0.2) is 0 Å². The molecule has 4 nitrogen and oxygen atoms in total. The van der Waals surface area contributed by atoms with Crippen LogP contribution < -0.4 is 0 Å². The molecule has 0 saturated heterocycles. The zero-order chi connectivity index (χ0) is 35.3. The Hall–Kier alpha value is -7.04. The Labute approximate surface area is 307 Å². The Morgan fingerprint density at radius 2 is 1.23 bits per heavy atom. The van der Waals surface area contributed by atoms with Gasteiger partial charge in [-0.3, -0.25) is 4.57 Å². The van der Waals surface area contributed by atoms with Crippen LogP contribution in [0.3, 0.4) is 0 Å². The first-order valence-corrected chi connectivity index (χ1v) is 18.0. The maximum atomic E-state index is 4.99. The van der Waals surface area contributed by atoms with Gasteiger partial charge in [-0.05, 0) is 94.4 Å². The lowest BCUT2D eigenvalue weighted by Crippen LogP contribution is -2.04. The molecule has 3 aromatic heterocycles. The fraction of sp³-hybridized carbons (Fsp3) is 0.0204. The average Bonchev–Trinajstić information content (AvgIpc) is 3.72. The van der Waals surface area contributed by atoms with Crippen LogP contribution in [0.1, 0.15) is 16.8 Å². The molecular weight excluding hydrogens is 645 g/mol. The van der Waals surface area contributed by atoms with E-state index in [-0.39, 0.29) is 0 Å². The fourth-order valence-electron chi connectivity index (χ4n) is 7.83. The van der Waals surface area contributed by atoms with Crippen LogP contribution >= 0.6 is 0 Å². The van der Waals surface area contributed by atoms with Gasteiger partial charge in [0.05, 0.1) is 27.8 Å². The number of nitrogens with zero attached hydrogens (tertiary/aromatic N) is 4. The minimum Gasteiger partial charge on any atom is -0.309 e. The monoisotopic (exact) mass is 678 g/mol. The summed E-state index contributed by atoms with van der Waals surface area (Å²) in [5.41, 5.74) is 13.4. The summed E-state index contributed by atoms with van der Waals surface area (Å²) in [5.74, 6) is 0.660. The Bertz CT molecular complexity index is 2970. The predicted octanol–water partition coefficient (Wildman–Crippen LogP) is 12.1. The highest BCUT2D eigenvalue weighted by Gasteiger charge is 2.19. The topological polar surface area (TPSA) is 35.6 Å². The molecule has 0 fully saturated rings. The molecule has 0 bridgehead atoms. The summed E-state index contributed by atoms with van der Waals surface area (Å²) in [5, 5.41) is 4.66. The van der Waals surface area contributed by atoms with Crippen molar-refractivity contribution >= 4 is 55.3 Å². The molecular formula is C49H34N4. The maximum absolute atomic E-state index is 4.99. The number of benzene rings is 6. The van der Waals surface area contributed by atoms with E-state index in [1.54, 1.807) is 0 Å². The molecule has 0 unspecified atom stereocenters. The lowest BCUT2D eigenvalue weighted by molar-refractivity contribution is 0.963. The zero-order valence-corrected chi connectivity index (χ0v) is 29.0. The van der Waals surface area contributed by atoms with Gasteiger partial charge in [-0.15, -0.1) is 0 Å². The van der Waals surface area contributed by atoms with Crippen molar-refractivity contribution in [2.75, 3.05) is 0 Å². The number of aromatic nitrogens is 4. The highest BCUT2D eigenvalue weighted by Crippen LogP contribution is 2.36. The van der Waals surface area contributed by atoms with Crippen molar-refractivity contribution in [3.05, 3.63) is 205 Å². The Balaban J connectivity index is 1.05. The van der Waals surface area contributed by atoms with Crippen molar-refractivity contribution in [2.45, 2.75) is 6.42 Å². The summed E-state index contributed by atoms with van der Waals surface area (Å²) >= 11 is 0. The van der Waals surface area contributed by atoms with Crippen LogP contribution in [0.4, 0.5) is 0 Å². The van der Waals surface area contributed by atoms with Crippen LogP contribution in [0.25, 0.3) is 78.0 Å². The summed E-state index contributed by atoms with van der Waals surface area (Å²) in [6.45, 7) is 4.48. The van der Waals surface area contributed by atoms with Crippen LogP contribution in [0.2, 0.25) is 0 Å². The van der Waals surface area contributed by atoms with Crippen molar-refractivity contribution in [3.63, 3.8) is 0 Å². The average molecular weight is 679 g/mol. The van der Waals surface area contributed by atoms with Crippen molar-refractivity contribution < 1.29 is 0 Å². The molecule has 10 rings (SSSR count). The number of allylic oxidation sites excluding steroid dienone is 6. The second kappa shape index (κ2) is 12.6. The molecule has 53 heavy (non-hydrogen) atoms. The highest BCUT2D eigenvalue weighted by atomic mass is 15.2. The summed E-state index contributed by atoms with van der Waals surface area (Å²) < 4.78 is 4.55. The lowest BCUT2D eigenvalue weighted by atomic mass is 9.98. The molecule has 0 aliphatic heterocycles. The molecule has 0 amide bonds. The lowest BCUT2D eigenvalue weighted by Gasteiger charge is -2.11. The molecule has 4 heteroatoms. The number of fused-ring (bicyclic) bond motifs is 7. The van der Waals surface area contributed by atoms with Gasteiger partial charge in [-0.1, -0.05) is 128 Å². The third kappa shape index (κ3) is 5.31. The first kappa shape index (κ1) is 30.8. The van der Waals surface area contributed by atoms with Crippen molar-refractivity contribution in [3.8, 4) is 22.8 Å². The smallest absolute Gasteiger partial charge is 0.235 e. The molecule has 0 saturated carbocycles. The van der Waals surface area contributed by atoms with Crippen LogP contribution in [0.15, 0.2) is 188 Å². The summed E-state index contributed by atoms with van der Waals surface area (Å²) in [6, 6.07) is 51.6. The van der Waals surface area contributed by atoms with E-state index < -0.39 is 0 Å². The van der Waals surface area contributed by atoms with Crippen LogP contribution in [0.5, 0.6) is 0 Å². The molecule has 9 aromatic rings. The molecule has 1 aliphatic rings. The summed E-state index contributed by atoms with van der Waals surface area (Å²) in [7, 11) is 0. The molecule has 3 heterocycles. The van der Waals surface area contributed by atoms with Crippen LogP contribution in [-0.4, -0.2) is 19.1 Å². The van der Waals surface area contributed by atoms with Gasteiger partial charge < -0.3 is 4.57 Å². The van der Waals surface area contributed by atoms with Crippen molar-refractivity contribution in [1.29, 1.82) is 0 Å².